The van der Waals surface area contributed by atoms with E-state index in [1.807, 2.05) is 36.4 Å². The molecule has 0 bridgehead atoms. The zero-order valence-electron chi connectivity index (χ0n) is 38.0. The molecule has 4 nitrogen and oxygen atoms in total. The molecule has 0 radical (unpaired) electrons. The van der Waals surface area contributed by atoms with E-state index in [-0.39, 0.29) is 5.43 Å². The van der Waals surface area contributed by atoms with Gasteiger partial charge in [-0.15, -0.1) is 0 Å². The van der Waals surface area contributed by atoms with Gasteiger partial charge in [-0.25, -0.2) is 0 Å². The van der Waals surface area contributed by atoms with Gasteiger partial charge in [0.1, 0.15) is 11.2 Å². The molecule has 0 saturated carbocycles. The molecule has 1 aliphatic rings. The van der Waals surface area contributed by atoms with E-state index in [9.17, 15) is 4.79 Å². The maximum atomic E-state index is 13.6. The minimum atomic E-state index is -0.561. The average Bonchev–Trinajstić information content (AvgIpc) is 3.92. The van der Waals surface area contributed by atoms with Crippen molar-refractivity contribution in [3.8, 4) is 27.9 Å². The molecule has 0 N–H and O–H groups in total. The van der Waals surface area contributed by atoms with Crippen LogP contribution in [0.5, 0.6) is 0 Å². The summed E-state index contributed by atoms with van der Waals surface area (Å²) in [6.07, 6.45) is 0. The molecule has 2 aromatic heterocycles. The summed E-state index contributed by atoms with van der Waals surface area (Å²) >= 11 is 0. The molecule has 0 spiro atoms. The molecule has 13 aromatic rings. The van der Waals surface area contributed by atoms with E-state index >= 15 is 0 Å². The van der Waals surface area contributed by atoms with E-state index in [4.69, 9.17) is 4.42 Å². The summed E-state index contributed by atoms with van der Waals surface area (Å²) in [5, 5.41) is 5.75. The summed E-state index contributed by atoms with van der Waals surface area (Å²) in [5.74, 6) is 0. The molecule has 328 valence electrons. The Kier molecular flexibility index (Phi) is 8.92. The van der Waals surface area contributed by atoms with E-state index in [1.165, 1.54) is 38.8 Å². The molecule has 0 atom stereocenters. The Bertz CT molecular complexity index is 4170. The Hall–Kier alpha value is -9.25. The SMILES string of the molecule is O=c1c2ccccc2oc2cc(-c3ccc(-n4c5ccc(N(c6ccccc6)c6ccccc6)cc5c5c6c(ccc54)C(c4ccccc4)(c4ccccc4)c4ccccc4-6)c4ccccc34)ccc12. The minimum absolute atomic E-state index is 0.0207. The molecule has 0 amide bonds. The number of aromatic nitrogens is 1. The molecule has 2 heterocycles. The van der Waals surface area contributed by atoms with Crippen molar-refractivity contribution in [1.82, 2.24) is 4.57 Å². The van der Waals surface area contributed by atoms with E-state index < -0.39 is 5.41 Å². The first kappa shape index (κ1) is 39.9. The topological polar surface area (TPSA) is 38.4 Å². The lowest BCUT2D eigenvalue weighted by Gasteiger charge is -2.33. The van der Waals surface area contributed by atoms with Gasteiger partial charge in [0.25, 0.3) is 0 Å². The lowest BCUT2D eigenvalue weighted by Crippen LogP contribution is -2.28. The zero-order valence-corrected chi connectivity index (χ0v) is 38.0. The smallest absolute Gasteiger partial charge is 0.200 e. The predicted molar refractivity (Wildman–Crippen MR) is 289 cm³/mol. The van der Waals surface area contributed by atoms with Crippen LogP contribution in [0.3, 0.4) is 0 Å². The van der Waals surface area contributed by atoms with Gasteiger partial charge in [0, 0.05) is 33.2 Å². The van der Waals surface area contributed by atoms with Gasteiger partial charge in [0.05, 0.1) is 32.9 Å². The third-order valence-electron chi connectivity index (χ3n) is 14.7. The van der Waals surface area contributed by atoms with E-state index in [2.05, 4.69) is 228 Å². The maximum absolute atomic E-state index is 13.6. The lowest BCUT2D eigenvalue weighted by atomic mass is 9.67. The summed E-state index contributed by atoms with van der Waals surface area (Å²) in [6, 6.07) is 90.8. The largest absolute Gasteiger partial charge is 0.456 e. The molecule has 4 heteroatoms. The molecule has 0 fully saturated rings. The van der Waals surface area contributed by atoms with E-state index in [0.717, 1.165) is 61.1 Å². The fraction of sp³-hybridized carbons (Fsp3) is 0.0152. The molecular formula is C66H42N2O2. The normalized spacial score (nSPS) is 12.7. The Morgan fingerprint density at radius 2 is 0.971 bits per heavy atom. The maximum Gasteiger partial charge on any atom is 0.200 e. The Morgan fingerprint density at radius 1 is 0.386 bits per heavy atom. The summed E-state index contributed by atoms with van der Waals surface area (Å²) in [5.41, 5.74) is 16.7. The highest BCUT2D eigenvalue weighted by molar-refractivity contribution is 6.20. The second-order valence-corrected chi connectivity index (χ2v) is 18.3. The van der Waals surface area contributed by atoms with Crippen molar-refractivity contribution in [2.24, 2.45) is 0 Å². The van der Waals surface area contributed by atoms with Crippen LogP contribution in [0.4, 0.5) is 17.1 Å². The molecule has 1 aliphatic carbocycles. The Morgan fingerprint density at radius 3 is 1.69 bits per heavy atom. The van der Waals surface area contributed by atoms with E-state index in [1.54, 1.807) is 0 Å². The van der Waals surface area contributed by atoms with Crippen LogP contribution in [0, 0.1) is 0 Å². The molecule has 0 unspecified atom stereocenters. The van der Waals surface area contributed by atoms with Crippen LogP contribution in [0.15, 0.2) is 264 Å². The number of hydrogen-bond donors (Lipinski definition) is 0. The highest BCUT2D eigenvalue weighted by atomic mass is 16.3. The van der Waals surface area contributed by atoms with Gasteiger partial charge in [-0.3, -0.25) is 4.79 Å². The van der Waals surface area contributed by atoms with Crippen molar-refractivity contribution >= 4 is 71.6 Å². The molecule has 14 rings (SSSR count). The number of para-hydroxylation sites is 3. The summed E-state index contributed by atoms with van der Waals surface area (Å²) in [4.78, 5) is 16.0. The first-order valence-corrected chi connectivity index (χ1v) is 23.9. The second kappa shape index (κ2) is 15.7. The molecule has 70 heavy (non-hydrogen) atoms. The van der Waals surface area contributed by atoms with Crippen molar-refractivity contribution in [3.63, 3.8) is 0 Å². The fourth-order valence-corrected chi connectivity index (χ4v) is 11.7. The monoisotopic (exact) mass is 894 g/mol. The summed E-state index contributed by atoms with van der Waals surface area (Å²) in [7, 11) is 0. The lowest BCUT2D eigenvalue weighted by molar-refractivity contribution is 0.660. The molecular weight excluding hydrogens is 853 g/mol. The highest BCUT2D eigenvalue weighted by Crippen LogP contribution is 2.59. The van der Waals surface area contributed by atoms with Gasteiger partial charge in [-0.1, -0.05) is 176 Å². The number of hydrogen-bond acceptors (Lipinski definition) is 3. The quantitative estimate of drug-likeness (QED) is 0.150. The van der Waals surface area contributed by atoms with E-state index in [0.29, 0.717) is 21.9 Å². The number of anilines is 3. The predicted octanol–water partition coefficient (Wildman–Crippen LogP) is 16.7. The zero-order chi connectivity index (χ0) is 46.3. The first-order valence-electron chi connectivity index (χ1n) is 23.9. The van der Waals surface area contributed by atoms with Crippen LogP contribution < -0.4 is 10.3 Å². The molecule has 0 saturated heterocycles. The van der Waals surface area contributed by atoms with Gasteiger partial charge >= 0.3 is 0 Å². The van der Waals surface area contributed by atoms with Gasteiger partial charge in [0.15, 0.2) is 0 Å². The van der Waals surface area contributed by atoms with Crippen molar-refractivity contribution in [2.75, 3.05) is 4.90 Å². The van der Waals surface area contributed by atoms with Gasteiger partial charge in [0.2, 0.25) is 5.43 Å². The number of rotatable bonds is 7. The van der Waals surface area contributed by atoms with Crippen LogP contribution in [0.1, 0.15) is 22.3 Å². The van der Waals surface area contributed by atoms with Crippen LogP contribution in [-0.4, -0.2) is 4.57 Å². The third-order valence-corrected chi connectivity index (χ3v) is 14.7. The van der Waals surface area contributed by atoms with Crippen LogP contribution in [0.25, 0.3) is 82.5 Å². The van der Waals surface area contributed by atoms with Crippen molar-refractivity contribution in [3.05, 3.63) is 287 Å². The Labute approximate surface area is 404 Å². The van der Waals surface area contributed by atoms with Gasteiger partial charge in [-0.05, 0) is 129 Å². The number of benzene rings is 11. The first-order chi connectivity index (χ1) is 34.7. The third kappa shape index (κ3) is 5.80. The van der Waals surface area contributed by atoms with Crippen LogP contribution >= 0.6 is 0 Å². The molecule has 0 aliphatic heterocycles. The number of fused-ring (bicyclic) bond motifs is 10. The average molecular weight is 895 g/mol. The van der Waals surface area contributed by atoms with Crippen LogP contribution in [-0.2, 0) is 5.41 Å². The fourth-order valence-electron chi connectivity index (χ4n) is 11.7. The second-order valence-electron chi connectivity index (χ2n) is 18.3. The minimum Gasteiger partial charge on any atom is -0.456 e. The van der Waals surface area contributed by atoms with Crippen LogP contribution in [0.2, 0.25) is 0 Å². The molecule has 11 aromatic carbocycles. The standard InChI is InChI=1S/C66H42N2O2/c69-65-53-30-16-18-32-61(53)70-62-41-43(33-35-54(62)65)49-36-39-58(51-28-14-13-27-50(49)51)68-59-38-34-48(67(46-23-9-3-10-24-46)47-25-11-4-12-26-47)42-55(59)64-60(68)40-37-57-63(64)52-29-15-17-31-56(52)66(57,44-19-5-1-6-20-44)45-21-7-2-8-22-45/h1-42H. The Balaban J connectivity index is 1.07. The van der Waals surface area contributed by atoms with Gasteiger partial charge in [-0.2, -0.15) is 0 Å². The summed E-state index contributed by atoms with van der Waals surface area (Å²) < 4.78 is 8.87. The highest BCUT2D eigenvalue weighted by Gasteiger charge is 2.47. The van der Waals surface area contributed by atoms with Crippen molar-refractivity contribution in [2.45, 2.75) is 5.41 Å². The summed E-state index contributed by atoms with van der Waals surface area (Å²) in [6.45, 7) is 0. The van der Waals surface area contributed by atoms with Crippen molar-refractivity contribution < 1.29 is 4.42 Å². The van der Waals surface area contributed by atoms with Gasteiger partial charge < -0.3 is 13.9 Å². The van der Waals surface area contributed by atoms with Crippen molar-refractivity contribution in [1.29, 1.82) is 0 Å². The number of nitrogens with zero attached hydrogens (tertiary/aromatic N) is 2.